The zero-order valence-corrected chi connectivity index (χ0v) is 26.5. The number of cyclic esters (lactones) is 1. The average molecular weight is 612 g/mol. The number of esters is 1. The lowest BCUT2D eigenvalue weighted by Crippen LogP contribution is -2.52. The Kier molecular flexibility index (Phi) is 10.7. The molecule has 4 rings (SSSR count). The number of hydrogen-bond donors (Lipinski definition) is 1. The molecule has 1 fully saturated rings. The number of rotatable bonds is 5. The summed E-state index contributed by atoms with van der Waals surface area (Å²) in [6, 6.07) is -2.16. The van der Waals surface area contributed by atoms with Gasteiger partial charge in [-0.25, -0.2) is 14.4 Å². The molecule has 0 saturated carbocycles. The van der Waals surface area contributed by atoms with Crippen LogP contribution in [0.15, 0.2) is 46.6 Å². The normalized spacial score (nSPS) is 25.9. The lowest BCUT2D eigenvalue weighted by molar-refractivity contribution is -0.151. The Balaban J connectivity index is 1.60. The second-order valence-electron chi connectivity index (χ2n) is 13.0. The molecule has 4 aliphatic rings. The smallest absolute Gasteiger partial charge is 0.410 e. The lowest BCUT2D eigenvalue weighted by atomic mass is 9.88. The highest BCUT2D eigenvalue weighted by atomic mass is 16.6. The first-order valence-electron chi connectivity index (χ1n) is 15.4. The molecule has 11 heteroatoms. The highest BCUT2D eigenvalue weighted by Crippen LogP contribution is 2.34. The molecule has 3 heterocycles. The zero-order chi connectivity index (χ0) is 32.0. The third-order valence-electron chi connectivity index (χ3n) is 8.46. The summed E-state index contributed by atoms with van der Waals surface area (Å²) >= 11 is 0. The number of methoxy groups -OCH3 is 1. The number of fused-ring (bicyclic) bond motifs is 3. The van der Waals surface area contributed by atoms with Crippen molar-refractivity contribution in [3.8, 4) is 0 Å². The van der Waals surface area contributed by atoms with Crippen LogP contribution in [0, 0.1) is 5.41 Å². The maximum Gasteiger partial charge on any atom is 0.410 e. The van der Waals surface area contributed by atoms with Crippen molar-refractivity contribution in [2.45, 2.75) is 90.8 Å². The van der Waals surface area contributed by atoms with Gasteiger partial charge in [0.05, 0.1) is 20.3 Å². The summed E-state index contributed by atoms with van der Waals surface area (Å²) in [6.07, 6.45) is 9.21. The first-order chi connectivity index (χ1) is 20.9. The van der Waals surface area contributed by atoms with E-state index in [0.29, 0.717) is 13.1 Å². The number of allylic oxidation sites excluding steroid dienone is 5. The fraction of sp³-hybridized carbons (Fsp3) is 0.606. The first kappa shape index (κ1) is 33.0. The summed E-state index contributed by atoms with van der Waals surface area (Å²) in [4.78, 5) is 68.3. The number of carbonyl (C=O) groups is 5. The van der Waals surface area contributed by atoms with E-state index >= 15 is 0 Å². The molecule has 0 radical (unpaired) electrons. The van der Waals surface area contributed by atoms with Crippen LogP contribution in [0.1, 0.15) is 72.6 Å². The summed E-state index contributed by atoms with van der Waals surface area (Å²) in [5.74, 6) is -1.42. The number of nitrogens with zero attached hydrogens (tertiary/aromatic N) is 2. The number of ketones is 1. The number of hydrogen-bond acceptors (Lipinski definition) is 8. The highest BCUT2D eigenvalue weighted by Gasteiger charge is 2.45. The number of amides is 3. The Bertz CT molecular complexity index is 1290. The van der Waals surface area contributed by atoms with Gasteiger partial charge < -0.3 is 24.4 Å². The lowest BCUT2D eigenvalue weighted by Gasteiger charge is -2.28. The van der Waals surface area contributed by atoms with Crippen molar-refractivity contribution in [2.75, 3.05) is 33.4 Å². The van der Waals surface area contributed by atoms with Crippen LogP contribution in [0.2, 0.25) is 0 Å². The van der Waals surface area contributed by atoms with Crippen molar-refractivity contribution >= 4 is 29.8 Å². The Hall–Kier alpha value is -3.89. The summed E-state index contributed by atoms with van der Waals surface area (Å²) < 4.78 is 16.4. The SMILES string of the molecule is COC(=O)[C@@H]1C[C@@H]2CN1C(=O)[C@H](CCC(=O)C=C(C)C)NC(=O)OCC(C)(C)CCC=CC1=CCCC3=C1CN(C3)C(=O)O2. The Morgan fingerprint density at radius 3 is 2.66 bits per heavy atom. The number of alkyl carbamates (subject to hydrolysis) is 1. The van der Waals surface area contributed by atoms with E-state index in [-0.39, 0.29) is 43.6 Å². The van der Waals surface area contributed by atoms with Gasteiger partial charge >= 0.3 is 18.2 Å². The number of carbonyl (C=O) groups excluding carboxylic acids is 5. The van der Waals surface area contributed by atoms with E-state index in [1.807, 2.05) is 13.8 Å². The number of ether oxygens (including phenoxy) is 3. The van der Waals surface area contributed by atoms with Crippen molar-refractivity contribution in [3.05, 3.63) is 46.6 Å². The van der Waals surface area contributed by atoms with Crippen LogP contribution in [-0.2, 0) is 28.6 Å². The maximum absolute atomic E-state index is 13.9. The number of nitrogens with one attached hydrogen (secondary N) is 1. The van der Waals surface area contributed by atoms with E-state index in [2.05, 4.69) is 23.5 Å². The molecular formula is C33H45N3O8. The van der Waals surface area contributed by atoms with Gasteiger partial charge in [-0.15, -0.1) is 0 Å². The molecular weight excluding hydrogens is 566 g/mol. The van der Waals surface area contributed by atoms with E-state index in [1.54, 1.807) is 18.7 Å². The molecule has 0 aromatic rings. The second-order valence-corrected chi connectivity index (χ2v) is 13.0. The van der Waals surface area contributed by atoms with Gasteiger partial charge in [-0.2, -0.15) is 0 Å². The third kappa shape index (κ3) is 8.39. The summed E-state index contributed by atoms with van der Waals surface area (Å²) in [6.45, 7) is 8.60. The van der Waals surface area contributed by atoms with Gasteiger partial charge in [0, 0.05) is 25.9 Å². The summed E-state index contributed by atoms with van der Waals surface area (Å²) in [7, 11) is 1.23. The predicted octanol–water partition coefficient (Wildman–Crippen LogP) is 4.38. The largest absolute Gasteiger partial charge is 0.467 e. The molecule has 3 atom stereocenters. The molecule has 3 amide bonds. The van der Waals surface area contributed by atoms with Gasteiger partial charge in [0.15, 0.2) is 5.78 Å². The van der Waals surface area contributed by atoms with Crippen LogP contribution in [0.5, 0.6) is 0 Å². The minimum absolute atomic E-state index is 0.000430. The monoisotopic (exact) mass is 611 g/mol. The molecule has 0 aromatic carbocycles. The van der Waals surface area contributed by atoms with E-state index < -0.39 is 42.3 Å². The topological polar surface area (TPSA) is 132 Å². The fourth-order valence-electron chi connectivity index (χ4n) is 6.08. The molecule has 1 aliphatic carbocycles. The van der Waals surface area contributed by atoms with Crippen LogP contribution in [0.3, 0.4) is 0 Å². The average Bonchev–Trinajstić information content (AvgIpc) is 3.60. The minimum Gasteiger partial charge on any atom is -0.467 e. The summed E-state index contributed by atoms with van der Waals surface area (Å²) in [5.41, 5.74) is 3.95. The van der Waals surface area contributed by atoms with Crippen molar-refractivity contribution < 1.29 is 38.2 Å². The predicted molar refractivity (Wildman–Crippen MR) is 162 cm³/mol. The van der Waals surface area contributed by atoms with Crippen LogP contribution < -0.4 is 5.32 Å². The van der Waals surface area contributed by atoms with E-state index in [1.165, 1.54) is 23.7 Å². The molecule has 4 bridgehead atoms. The standard InChI is InChI=1S/C33H45N3O8/c1-21(2)15-24(37)12-13-27-29(38)36-18-25(16-28(36)30(39)42-5)44-32(41)35-17-23-11-8-10-22(26(23)19-35)9-6-7-14-33(3,4)20-43-31(40)34-27/h6,9-10,15,25,27-28H,7-8,11-14,16-20H2,1-5H3,(H,34,40)/t25-,27+,28+/m1/s1. The molecule has 3 aliphatic heterocycles. The summed E-state index contributed by atoms with van der Waals surface area (Å²) in [5, 5.41) is 2.63. The molecule has 44 heavy (non-hydrogen) atoms. The molecule has 0 aromatic heterocycles. The molecule has 1 saturated heterocycles. The van der Waals surface area contributed by atoms with Crippen molar-refractivity contribution in [1.29, 1.82) is 0 Å². The van der Waals surface area contributed by atoms with Crippen LogP contribution in [0.4, 0.5) is 9.59 Å². The van der Waals surface area contributed by atoms with Gasteiger partial charge in [0.25, 0.3) is 0 Å². The minimum atomic E-state index is -1.14. The van der Waals surface area contributed by atoms with Crippen LogP contribution in [-0.4, -0.2) is 91.2 Å². The zero-order valence-electron chi connectivity index (χ0n) is 26.5. The van der Waals surface area contributed by atoms with Crippen LogP contribution in [0.25, 0.3) is 0 Å². The van der Waals surface area contributed by atoms with E-state index in [0.717, 1.165) is 42.4 Å². The molecule has 1 N–H and O–H groups in total. The molecule has 240 valence electrons. The highest BCUT2D eigenvalue weighted by molar-refractivity contribution is 5.93. The van der Waals surface area contributed by atoms with Gasteiger partial charge in [-0.1, -0.05) is 37.6 Å². The van der Waals surface area contributed by atoms with Crippen molar-refractivity contribution in [3.63, 3.8) is 0 Å². The van der Waals surface area contributed by atoms with Crippen LogP contribution >= 0.6 is 0 Å². The maximum atomic E-state index is 13.9. The second kappa shape index (κ2) is 14.3. The Labute approximate surface area is 259 Å². The Morgan fingerprint density at radius 1 is 1.16 bits per heavy atom. The molecule has 0 spiro atoms. The molecule has 0 unspecified atom stereocenters. The molecule has 11 nitrogen and oxygen atoms in total. The van der Waals surface area contributed by atoms with Gasteiger partial charge in [0.1, 0.15) is 18.2 Å². The van der Waals surface area contributed by atoms with E-state index in [9.17, 15) is 24.0 Å². The first-order valence-corrected chi connectivity index (χ1v) is 15.4. The third-order valence-corrected chi connectivity index (χ3v) is 8.46. The van der Waals surface area contributed by atoms with Gasteiger partial charge in [-0.3, -0.25) is 14.5 Å². The Morgan fingerprint density at radius 2 is 1.93 bits per heavy atom. The van der Waals surface area contributed by atoms with Crippen molar-refractivity contribution in [1.82, 2.24) is 15.1 Å². The van der Waals surface area contributed by atoms with Crippen molar-refractivity contribution in [2.24, 2.45) is 5.41 Å². The van der Waals surface area contributed by atoms with Gasteiger partial charge in [0.2, 0.25) is 5.91 Å². The fourth-order valence-corrected chi connectivity index (χ4v) is 6.08. The van der Waals surface area contributed by atoms with Gasteiger partial charge in [-0.05, 0) is 74.2 Å². The van der Waals surface area contributed by atoms with E-state index in [4.69, 9.17) is 14.2 Å². The quantitative estimate of drug-likeness (QED) is 0.275.